The largest absolute Gasteiger partial charge is 0.480 e. The van der Waals surface area contributed by atoms with E-state index in [1.165, 1.54) is 19.2 Å². The number of benzene rings is 2. The van der Waals surface area contributed by atoms with Crippen molar-refractivity contribution in [3.05, 3.63) is 68.9 Å². The molecule has 0 aliphatic heterocycles. The minimum Gasteiger partial charge on any atom is -0.480 e. The average Bonchev–Trinajstić information content (AvgIpc) is 3.07. The number of halogens is 1. The fourth-order valence-corrected chi connectivity index (χ4v) is 3.12. The molecule has 1 N–H and O–H groups in total. The van der Waals surface area contributed by atoms with E-state index in [0.29, 0.717) is 10.6 Å². The van der Waals surface area contributed by atoms with Crippen molar-refractivity contribution in [1.29, 1.82) is 0 Å². The molecular formula is C20H19ClN2O5. The van der Waals surface area contributed by atoms with E-state index in [9.17, 15) is 14.9 Å². The molecule has 0 saturated carbocycles. The van der Waals surface area contributed by atoms with Crippen LogP contribution in [0.2, 0.25) is 5.02 Å². The number of hydrogen-bond acceptors (Lipinski definition) is 5. The molecule has 7 nitrogen and oxygen atoms in total. The molecule has 2 aromatic carbocycles. The lowest BCUT2D eigenvalue weighted by Crippen LogP contribution is -2.30. The number of carbonyl (C=O) groups is 1. The van der Waals surface area contributed by atoms with Crippen LogP contribution < -0.4 is 4.74 Å². The molecule has 0 spiro atoms. The third-order valence-electron chi connectivity index (χ3n) is 4.59. The predicted molar refractivity (Wildman–Crippen MR) is 106 cm³/mol. The molecule has 0 aliphatic carbocycles. The number of nitro groups is 1. The minimum atomic E-state index is -1.02. The second-order valence-corrected chi connectivity index (χ2v) is 7.31. The Labute approximate surface area is 166 Å². The molecule has 0 fully saturated rings. The number of nitrogens with zero attached hydrogens (tertiary/aromatic N) is 1. The molecule has 0 unspecified atom stereocenters. The molecule has 0 atom stereocenters. The van der Waals surface area contributed by atoms with Gasteiger partial charge in [-0.15, -0.1) is 0 Å². The molecular weight excluding hydrogens is 384 g/mol. The van der Waals surface area contributed by atoms with E-state index in [-0.39, 0.29) is 18.0 Å². The standard InChI is InChI=1S/C20H19ClN2O5/c1-20(2,19(24)27-3)13-4-7-18(17(10-13)23(25)26)28-11-15-9-12-8-14(21)5-6-16(12)22-15/h4-10,22H,11H2,1-3H3. The van der Waals surface area contributed by atoms with Gasteiger partial charge < -0.3 is 14.5 Å². The number of aromatic nitrogens is 1. The summed E-state index contributed by atoms with van der Waals surface area (Å²) in [6.45, 7) is 3.41. The molecule has 1 heterocycles. The molecule has 146 valence electrons. The maximum atomic E-state index is 12.0. The highest BCUT2D eigenvalue weighted by Gasteiger charge is 2.33. The number of nitrogens with one attached hydrogen (secondary N) is 1. The average molecular weight is 403 g/mol. The first-order chi connectivity index (χ1) is 13.2. The van der Waals surface area contributed by atoms with Crippen LogP contribution in [0, 0.1) is 10.1 Å². The summed E-state index contributed by atoms with van der Waals surface area (Å²) in [5.74, 6) is -0.363. The molecule has 3 rings (SSSR count). The highest BCUT2D eigenvalue weighted by Crippen LogP contribution is 2.34. The molecule has 0 aliphatic rings. The van der Waals surface area contributed by atoms with Crippen LogP contribution in [-0.4, -0.2) is 23.0 Å². The van der Waals surface area contributed by atoms with Crippen LogP contribution in [0.3, 0.4) is 0 Å². The summed E-state index contributed by atoms with van der Waals surface area (Å²) in [7, 11) is 1.28. The first kappa shape index (κ1) is 19.7. The normalized spacial score (nSPS) is 11.4. The van der Waals surface area contributed by atoms with Crippen molar-refractivity contribution >= 4 is 34.2 Å². The number of carbonyl (C=O) groups excluding carboxylic acids is 1. The number of fused-ring (bicyclic) bond motifs is 1. The van der Waals surface area contributed by atoms with Gasteiger partial charge in [0.1, 0.15) is 6.61 Å². The summed E-state index contributed by atoms with van der Waals surface area (Å²) in [5, 5.41) is 13.1. The number of H-pyrrole nitrogens is 1. The molecule has 0 saturated heterocycles. The van der Waals surface area contributed by atoms with Crippen molar-refractivity contribution in [3.8, 4) is 5.75 Å². The lowest BCUT2D eigenvalue weighted by atomic mass is 9.84. The van der Waals surface area contributed by atoms with Gasteiger partial charge in [0.2, 0.25) is 0 Å². The van der Waals surface area contributed by atoms with Gasteiger partial charge in [0.05, 0.1) is 23.1 Å². The van der Waals surface area contributed by atoms with E-state index in [4.69, 9.17) is 21.1 Å². The number of methoxy groups -OCH3 is 1. The van der Waals surface area contributed by atoms with Gasteiger partial charge in [-0.25, -0.2) is 0 Å². The zero-order valence-corrected chi connectivity index (χ0v) is 16.4. The Balaban J connectivity index is 1.86. The molecule has 0 amide bonds. The number of rotatable bonds is 6. The zero-order valence-electron chi connectivity index (χ0n) is 15.6. The Morgan fingerprint density at radius 3 is 2.64 bits per heavy atom. The summed E-state index contributed by atoms with van der Waals surface area (Å²) in [6.07, 6.45) is 0. The van der Waals surface area contributed by atoms with Crippen LogP contribution in [0.4, 0.5) is 5.69 Å². The second kappa shape index (κ2) is 7.52. The van der Waals surface area contributed by atoms with Crippen LogP contribution in [-0.2, 0) is 21.6 Å². The van der Waals surface area contributed by atoms with Crippen molar-refractivity contribution in [3.63, 3.8) is 0 Å². The number of aromatic amines is 1. The third-order valence-corrected chi connectivity index (χ3v) is 4.83. The van der Waals surface area contributed by atoms with Crippen LogP contribution in [0.15, 0.2) is 42.5 Å². The van der Waals surface area contributed by atoms with Crippen molar-refractivity contribution in [2.45, 2.75) is 25.9 Å². The van der Waals surface area contributed by atoms with E-state index in [1.807, 2.05) is 18.2 Å². The van der Waals surface area contributed by atoms with Gasteiger partial charge in [0, 0.05) is 22.0 Å². The smallest absolute Gasteiger partial charge is 0.315 e. The van der Waals surface area contributed by atoms with Crippen molar-refractivity contribution in [2.24, 2.45) is 0 Å². The molecule has 8 heteroatoms. The van der Waals surface area contributed by atoms with Gasteiger partial charge >= 0.3 is 11.7 Å². The van der Waals surface area contributed by atoms with E-state index in [0.717, 1.165) is 16.6 Å². The zero-order chi connectivity index (χ0) is 20.5. The Kier molecular flexibility index (Phi) is 5.29. The first-order valence-electron chi connectivity index (χ1n) is 8.49. The fourth-order valence-electron chi connectivity index (χ4n) is 2.94. The van der Waals surface area contributed by atoms with Gasteiger partial charge in [-0.05, 0) is 49.7 Å². The predicted octanol–water partition coefficient (Wildman–Crippen LogP) is 4.76. The Bertz CT molecular complexity index is 1060. The van der Waals surface area contributed by atoms with Gasteiger partial charge in [-0.3, -0.25) is 14.9 Å². The van der Waals surface area contributed by atoms with Gasteiger partial charge in [0.15, 0.2) is 5.75 Å². The first-order valence-corrected chi connectivity index (χ1v) is 8.87. The van der Waals surface area contributed by atoms with Gasteiger partial charge in [-0.1, -0.05) is 17.7 Å². The van der Waals surface area contributed by atoms with Crippen molar-refractivity contribution in [1.82, 2.24) is 4.98 Å². The summed E-state index contributed by atoms with van der Waals surface area (Å²) >= 11 is 5.99. The molecule has 28 heavy (non-hydrogen) atoms. The summed E-state index contributed by atoms with van der Waals surface area (Å²) < 4.78 is 10.5. The Morgan fingerprint density at radius 2 is 1.96 bits per heavy atom. The number of hydrogen-bond donors (Lipinski definition) is 1. The minimum absolute atomic E-state index is 0.117. The maximum Gasteiger partial charge on any atom is 0.315 e. The van der Waals surface area contributed by atoms with Gasteiger partial charge in [-0.2, -0.15) is 0 Å². The SMILES string of the molecule is COC(=O)C(C)(C)c1ccc(OCc2cc3cc(Cl)ccc3[nH]2)c([N+](=O)[O-])c1. The Hall–Kier alpha value is -3.06. The lowest BCUT2D eigenvalue weighted by molar-refractivity contribution is -0.386. The van der Waals surface area contributed by atoms with E-state index < -0.39 is 16.3 Å². The van der Waals surface area contributed by atoms with E-state index in [1.54, 1.807) is 26.0 Å². The van der Waals surface area contributed by atoms with Crippen LogP contribution in [0.25, 0.3) is 10.9 Å². The third kappa shape index (κ3) is 3.80. The van der Waals surface area contributed by atoms with Crippen molar-refractivity contribution in [2.75, 3.05) is 7.11 Å². The monoisotopic (exact) mass is 402 g/mol. The van der Waals surface area contributed by atoms with Crippen LogP contribution in [0.1, 0.15) is 25.1 Å². The number of esters is 1. The van der Waals surface area contributed by atoms with Crippen molar-refractivity contribution < 1.29 is 19.2 Å². The van der Waals surface area contributed by atoms with Crippen LogP contribution >= 0.6 is 11.6 Å². The molecule has 3 aromatic rings. The lowest BCUT2D eigenvalue weighted by Gasteiger charge is -2.22. The summed E-state index contributed by atoms with van der Waals surface area (Å²) in [6, 6.07) is 11.8. The van der Waals surface area contributed by atoms with Gasteiger partial charge in [0.25, 0.3) is 0 Å². The number of nitro benzene ring substituents is 1. The fraction of sp³-hybridized carbons (Fsp3) is 0.250. The molecule has 0 radical (unpaired) electrons. The topological polar surface area (TPSA) is 94.5 Å². The van der Waals surface area contributed by atoms with E-state index in [2.05, 4.69) is 4.98 Å². The molecule has 0 bridgehead atoms. The second-order valence-electron chi connectivity index (χ2n) is 6.87. The van der Waals surface area contributed by atoms with Crippen LogP contribution in [0.5, 0.6) is 5.75 Å². The molecule has 1 aromatic heterocycles. The maximum absolute atomic E-state index is 12.0. The summed E-state index contributed by atoms with van der Waals surface area (Å²) in [5.41, 5.74) is 0.889. The highest BCUT2D eigenvalue weighted by molar-refractivity contribution is 6.31. The summed E-state index contributed by atoms with van der Waals surface area (Å²) in [4.78, 5) is 26.2. The number of ether oxygens (including phenoxy) is 2. The highest BCUT2D eigenvalue weighted by atomic mass is 35.5. The Morgan fingerprint density at radius 1 is 1.21 bits per heavy atom. The quantitative estimate of drug-likeness (QED) is 0.364. The van der Waals surface area contributed by atoms with E-state index >= 15 is 0 Å².